The molecule has 4 nitrogen and oxygen atoms in total. The zero-order valence-corrected chi connectivity index (χ0v) is 26.0. The van der Waals surface area contributed by atoms with Crippen molar-refractivity contribution >= 4 is 34.0 Å². The molecule has 0 saturated heterocycles. The lowest BCUT2D eigenvalue weighted by molar-refractivity contribution is -0.105. The number of hydrogen-bond acceptors (Lipinski definition) is 4. The summed E-state index contributed by atoms with van der Waals surface area (Å²) >= 11 is 3.43. The highest BCUT2D eigenvalue weighted by Gasteiger charge is 2.58. The van der Waals surface area contributed by atoms with Crippen molar-refractivity contribution in [3.05, 3.63) is 0 Å². The van der Waals surface area contributed by atoms with E-state index in [-0.39, 0.29) is 30.8 Å². The second-order valence-corrected chi connectivity index (χ2v) is 20.5. The fourth-order valence-corrected chi connectivity index (χ4v) is 17.3. The van der Waals surface area contributed by atoms with Crippen LogP contribution < -0.4 is 10.6 Å². The molecule has 12 saturated carbocycles. The summed E-state index contributed by atoms with van der Waals surface area (Å²) in [5, 5.41) is 7.57. The van der Waals surface area contributed by atoms with E-state index in [1.54, 1.807) is 23.5 Å². The van der Waals surface area contributed by atoms with Crippen LogP contribution in [-0.4, -0.2) is 33.1 Å². The second kappa shape index (κ2) is 9.08. The van der Waals surface area contributed by atoms with Gasteiger partial charge in [-0.15, -0.1) is 0 Å². The molecular formula is C34H50N2O2S2. The van der Waals surface area contributed by atoms with Crippen LogP contribution in [0.4, 0.5) is 9.59 Å². The molecule has 12 rings (SSSR count). The van der Waals surface area contributed by atoms with Gasteiger partial charge in [-0.05, 0) is 174 Å². The largest absolute Gasteiger partial charge is 0.346 e. The Morgan fingerprint density at radius 1 is 0.475 bits per heavy atom. The Balaban J connectivity index is 0.826. The van der Waals surface area contributed by atoms with Crippen LogP contribution in [-0.2, 0) is 0 Å². The minimum absolute atomic E-state index is 0.250. The van der Waals surface area contributed by atoms with Gasteiger partial charge in [0, 0.05) is 22.6 Å². The average Bonchev–Trinajstić information content (AvgIpc) is 2.84. The maximum absolute atomic E-state index is 13.4. The third kappa shape index (κ3) is 4.53. The average molecular weight is 583 g/mol. The summed E-state index contributed by atoms with van der Waals surface area (Å²) in [6.07, 6.45) is 24.1. The van der Waals surface area contributed by atoms with E-state index in [9.17, 15) is 9.59 Å². The standard InChI is InChI=1S/C34H50N2O2S2/c37-29(39-33-12-21-1-22(13-33)3-23(2-21)14-33)35-19-31-8-27-7-28(9-31)11-32(10-27,18-31)20-36-30(38)40-34-15-24-4-25(16-34)6-26(5-24)17-34/h21-28H,1-20H2,(H,35,37)(H,36,38). The molecule has 12 bridgehead atoms. The van der Waals surface area contributed by atoms with Crippen molar-refractivity contribution in [2.75, 3.05) is 13.1 Å². The Kier molecular flexibility index (Phi) is 5.92. The molecule has 12 aliphatic rings. The van der Waals surface area contributed by atoms with Gasteiger partial charge in [0.05, 0.1) is 0 Å². The molecule has 0 unspecified atom stereocenters. The molecule has 12 fully saturated rings. The number of amides is 2. The summed E-state index contributed by atoms with van der Waals surface area (Å²) in [5.41, 5.74) is 0.527. The number of thioether (sulfide) groups is 2. The summed E-state index contributed by atoms with van der Waals surface area (Å²) in [4.78, 5) is 26.8. The van der Waals surface area contributed by atoms with Gasteiger partial charge in [-0.3, -0.25) is 9.59 Å². The van der Waals surface area contributed by atoms with Crippen molar-refractivity contribution in [2.45, 2.75) is 125 Å². The van der Waals surface area contributed by atoms with Gasteiger partial charge in [0.2, 0.25) is 0 Å². The predicted octanol–water partition coefficient (Wildman–Crippen LogP) is 8.40. The van der Waals surface area contributed by atoms with Gasteiger partial charge in [-0.1, -0.05) is 23.5 Å². The number of carbonyl (C=O) groups is 2. The van der Waals surface area contributed by atoms with Crippen LogP contribution in [0.5, 0.6) is 0 Å². The lowest BCUT2D eigenvalue weighted by atomic mass is 9.44. The van der Waals surface area contributed by atoms with Crippen LogP contribution >= 0.6 is 23.5 Å². The molecule has 0 radical (unpaired) electrons. The highest BCUT2D eigenvalue weighted by atomic mass is 32.2. The first kappa shape index (κ1) is 26.1. The fraction of sp³-hybridized carbons (Fsp3) is 0.941. The van der Waals surface area contributed by atoms with Crippen LogP contribution in [0.1, 0.15) is 116 Å². The molecule has 0 spiro atoms. The van der Waals surface area contributed by atoms with Crippen LogP contribution in [0.2, 0.25) is 0 Å². The summed E-state index contributed by atoms with van der Waals surface area (Å²) in [6, 6.07) is 0. The van der Waals surface area contributed by atoms with Crippen LogP contribution in [0, 0.1) is 58.2 Å². The molecule has 0 aromatic heterocycles. The molecule has 2 amide bonds. The first-order chi connectivity index (χ1) is 19.2. The normalized spacial score (nSPS) is 54.2. The van der Waals surface area contributed by atoms with E-state index >= 15 is 0 Å². The van der Waals surface area contributed by atoms with Crippen molar-refractivity contribution < 1.29 is 9.59 Å². The molecule has 220 valence electrons. The number of carbonyl (C=O) groups excluding carboxylic acids is 2. The highest BCUT2D eigenvalue weighted by Crippen LogP contribution is 2.66. The minimum atomic E-state index is 0.250. The van der Waals surface area contributed by atoms with Crippen LogP contribution in [0.15, 0.2) is 0 Å². The Labute approximate surface area is 249 Å². The zero-order chi connectivity index (χ0) is 26.7. The Bertz CT molecular complexity index is 923. The molecule has 0 aliphatic heterocycles. The molecule has 0 aromatic carbocycles. The van der Waals surface area contributed by atoms with Crippen molar-refractivity contribution in [3.63, 3.8) is 0 Å². The predicted molar refractivity (Wildman–Crippen MR) is 163 cm³/mol. The highest BCUT2D eigenvalue weighted by molar-refractivity contribution is 8.15. The van der Waals surface area contributed by atoms with Gasteiger partial charge in [0.1, 0.15) is 0 Å². The lowest BCUT2D eigenvalue weighted by Crippen LogP contribution is -2.58. The maximum atomic E-state index is 13.4. The topological polar surface area (TPSA) is 58.2 Å². The molecule has 6 heteroatoms. The van der Waals surface area contributed by atoms with Gasteiger partial charge in [0.25, 0.3) is 10.5 Å². The second-order valence-electron chi connectivity index (χ2n) is 17.6. The number of hydrogen-bond donors (Lipinski definition) is 2. The summed E-state index contributed by atoms with van der Waals surface area (Å²) < 4.78 is 0.500. The smallest absolute Gasteiger partial charge is 0.279 e. The zero-order valence-electron chi connectivity index (χ0n) is 24.4. The van der Waals surface area contributed by atoms with Gasteiger partial charge >= 0.3 is 0 Å². The van der Waals surface area contributed by atoms with E-state index < -0.39 is 0 Å². The van der Waals surface area contributed by atoms with Crippen molar-refractivity contribution in [2.24, 2.45) is 58.2 Å². The molecule has 0 heterocycles. The molecule has 2 N–H and O–H groups in total. The maximum Gasteiger partial charge on any atom is 0.279 e. The molecule has 12 aliphatic carbocycles. The summed E-state index contributed by atoms with van der Waals surface area (Å²) in [5.74, 6) is 6.95. The fourth-order valence-electron chi connectivity index (χ4n) is 14.4. The van der Waals surface area contributed by atoms with Crippen molar-refractivity contribution in [3.8, 4) is 0 Å². The lowest BCUT2D eigenvalue weighted by Gasteiger charge is -2.62. The van der Waals surface area contributed by atoms with Crippen molar-refractivity contribution in [1.29, 1.82) is 0 Å². The third-order valence-corrected chi connectivity index (χ3v) is 16.6. The Morgan fingerprint density at radius 3 is 1.10 bits per heavy atom. The Morgan fingerprint density at radius 2 is 0.775 bits per heavy atom. The quantitative estimate of drug-likeness (QED) is 0.330. The van der Waals surface area contributed by atoms with Gasteiger partial charge in [-0.2, -0.15) is 0 Å². The monoisotopic (exact) mass is 582 g/mol. The van der Waals surface area contributed by atoms with Crippen LogP contribution in [0.25, 0.3) is 0 Å². The van der Waals surface area contributed by atoms with Gasteiger partial charge in [-0.25, -0.2) is 0 Å². The van der Waals surface area contributed by atoms with Crippen LogP contribution in [0.3, 0.4) is 0 Å². The SMILES string of the molecule is O=C(NCC12CC3CC(C1)CC(CNC(=O)SC14CC5CC(CC(C5)C1)C4)(C3)C2)SC12CC3CC(CC(C3)C1)C2. The summed E-state index contributed by atoms with van der Waals surface area (Å²) in [6.45, 7) is 1.74. The summed E-state index contributed by atoms with van der Waals surface area (Å²) in [7, 11) is 0. The van der Waals surface area contributed by atoms with Gasteiger partial charge in [0.15, 0.2) is 0 Å². The van der Waals surface area contributed by atoms with E-state index in [4.69, 9.17) is 0 Å². The number of nitrogens with one attached hydrogen (secondary N) is 2. The third-order valence-electron chi connectivity index (χ3n) is 14.1. The molecule has 0 aromatic rings. The van der Waals surface area contributed by atoms with E-state index in [1.807, 2.05) is 0 Å². The molecule has 0 atom stereocenters. The molecule has 40 heavy (non-hydrogen) atoms. The molecular weight excluding hydrogens is 533 g/mol. The minimum Gasteiger partial charge on any atom is -0.346 e. The van der Waals surface area contributed by atoms with E-state index in [2.05, 4.69) is 10.6 Å². The van der Waals surface area contributed by atoms with Gasteiger partial charge < -0.3 is 10.6 Å². The first-order valence-corrected chi connectivity index (χ1v) is 18.8. The number of rotatable bonds is 6. The van der Waals surface area contributed by atoms with E-state index in [0.717, 1.165) is 60.4 Å². The van der Waals surface area contributed by atoms with Crippen molar-refractivity contribution in [1.82, 2.24) is 10.6 Å². The van der Waals surface area contributed by atoms with E-state index in [1.165, 1.54) is 116 Å². The Hall–Kier alpha value is -0.360. The van der Waals surface area contributed by atoms with E-state index in [0.29, 0.717) is 0 Å². The first-order valence-electron chi connectivity index (χ1n) is 17.2.